The number of hydrogen-bond acceptors (Lipinski definition) is 5. The molecule has 1 aliphatic rings. The van der Waals surface area contributed by atoms with Crippen molar-refractivity contribution in [2.75, 3.05) is 19.6 Å². The molecular formula is C25H28N4O2S. The minimum absolute atomic E-state index is 0.00756. The molecule has 3 aromatic rings. The van der Waals surface area contributed by atoms with Crippen LogP contribution < -0.4 is 5.32 Å². The van der Waals surface area contributed by atoms with Crippen molar-refractivity contribution in [2.45, 2.75) is 33.6 Å². The minimum Gasteiger partial charge on any atom is -0.356 e. The average molecular weight is 449 g/mol. The first-order valence-electron chi connectivity index (χ1n) is 10.9. The lowest BCUT2D eigenvalue weighted by Gasteiger charge is -2.29. The van der Waals surface area contributed by atoms with Gasteiger partial charge in [0.15, 0.2) is 0 Å². The van der Waals surface area contributed by atoms with E-state index in [1.165, 1.54) is 4.88 Å². The second kappa shape index (κ2) is 9.20. The Balaban J connectivity index is 1.65. The van der Waals surface area contributed by atoms with Gasteiger partial charge in [-0.05, 0) is 56.2 Å². The molecule has 1 aliphatic heterocycles. The van der Waals surface area contributed by atoms with Crippen LogP contribution in [0.1, 0.15) is 40.8 Å². The lowest BCUT2D eigenvalue weighted by molar-refractivity contribution is -0.130. The highest BCUT2D eigenvalue weighted by Crippen LogP contribution is 2.39. The van der Waals surface area contributed by atoms with E-state index >= 15 is 0 Å². The van der Waals surface area contributed by atoms with Crippen molar-refractivity contribution in [3.8, 4) is 10.4 Å². The summed E-state index contributed by atoms with van der Waals surface area (Å²) in [5.41, 5.74) is 2.78. The van der Waals surface area contributed by atoms with E-state index in [4.69, 9.17) is 0 Å². The van der Waals surface area contributed by atoms with Crippen LogP contribution in [0.25, 0.3) is 10.4 Å². The zero-order valence-corrected chi connectivity index (χ0v) is 19.5. The van der Waals surface area contributed by atoms with Gasteiger partial charge < -0.3 is 10.2 Å². The summed E-state index contributed by atoms with van der Waals surface area (Å²) in [6, 6.07) is 12.4. The number of rotatable bonds is 6. The van der Waals surface area contributed by atoms with Crippen LogP contribution in [0.4, 0.5) is 0 Å². The number of likely N-dealkylation sites (tertiary alicyclic amines) is 1. The van der Waals surface area contributed by atoms with Crippen molar-refractivity contribution in [2.24, 2.45) is 5.41 Å². The van der Waals surface area contributed by atoms with Crippen molar-refractivity contribution >= 4 is 23.2 Å². The Hall–Kier alpha value is -3.06. The minimum atomic E-state index is -0.668. The van der Waals surface area contributed by atoms with Crippen molar-refractivity contribution < 1.29 is 9.59 Å². The molecular weight excluding hydrogens is 420 g/mol. The molecule has 0 bridgehead atoms. The van der Waals surface area contributed by atoms with Gasteiger partial charge in [0.05, 0.1) is 16.7 Å². The van der Waals surface area contributed by atoms with Gasteiger partial charge in [0.25, 0.3) is 5.91 Å². The number of carbonyl (C=O) groups excluding carboxylic acids is 2. The summed E-state index contributed by atoms with van der Waals surface area (Å²) in [5, 5.41) is 5.09. The molecule has 2 aromatic heterocycles. The van der Waals surface area contributed by atoms with Gasteiger partial charge in [-0.1, -0.05) is 30.3 Å². The van der Waals surface area contributed by atoms with Gasteiger partial charge >= 0.3 is 0 Å². The predicted molar refractivity (Wildman–Crippen MR) is 127 cm³/mol. The van der Waals surface area contributed by atoms with Gasteiger partial charge in [-0.2, -0.15) is 0 Å². The van der Waals surface area contributed by atoms with Crippen LogP contribution in [0.5, 0.6) is 0 Å². The Morgan fingerprint density at radius 3 is 2.72 bits per heavy atom. The van der Waals surface area contributed by atoms with Crippen molar-refractivity contribution in [1.29, 1.82) is 0 Å². The maximum Gasteiger partial charge on any atom is 0.257 e. The Bertz CT molecular complexity index is 1130. The Morgan fingerprint density at radius 1 is 1.19 bits per heavy atom. The molecule has 0 unspecified atom stereocenters. The summed E-state index contributed by atoms with van der Waals surface area (Å²) in [6.07, 6.45) is 2.80. The molecule has 4 rings (SSSR count). The summed E-state index contributed by atoms with van der Waals surface area (Å²) < 4.78 is 0. The van der Waals surface area contributed by atoms with Crippen molar-refractivity contribution in [1.82, 2.24) is 20.2 Å². The maximum atomic E-state index is 13.3. The topological polar surface area (TPSA) is 75.2 Å². The van der Waals surface area contributed by atoms with Crippen molar-refractivity contribution in [3.05, 3.63) is 70.6 Å². The van der Waals surface area contributed by atoms with Crippen LogP contribution in [0.2, 0.25) is 0 Å². The van der Waals surface area contributed by atoms with Crippen LogP contribution in [-0.2, 0) is 11.2 Å². The molecule has 1 saturated heterocycles. The number of amides is 2. The van der Waals surface area contributed by atoms with Gasteiger partial charge in [-0.25, -0.2) is 9.97 Å². The highest BCUT2D eigenvalue weighted by Gasteiger charge is 2.46. The van der Waals surface area contributed by atoms with Crippen LogP contribution in [0, 0.1) is 19.3 Å². The largest absolute Gasteiger partial charge is 0.356 e. The molecule has 1 fully saturated rings. The van der Waals surface area contributed by atoms with Gasteiger partial charge in [0.1, 0.15) is 5.82 Å². The SMILES string of the molecule is CCNC(=O)[C@@]1(Cc2ccccc2-c2cccs2)CCN(C(=O)c2cnc(C)nc2C)C1. The lowest BCUT2D eigenvalue weighted by Crippen LogP contribution is -2.45. The smallest absolute Gasteiger partial charge is 0.257 e. The lowest BCUT2D eigenvalue weighted by atomic mass is 9.78. The number of nitrogens with one attached hydrogen (secondary N) is 1. The summed E-state index contributed by atoms with van der Waals surface area (Å²) in [5.74, 6) is 0.538. The van der Waals surface area contributed by atoms with E-state index < -0.39 is 5.41 Å². The van der Waals surface area contributed by atoms with E-state index in [1.54, 1.807) is 22.4 Å². The fourth-order valence-corrected chi connectivity index (χ4v) is 5.27. The fraction of sp³-hybridized carbons (Fsp3) is 0.360. The molecule has 1 atom stereocenters. The third kappa shape index (κ3) is 4.30. The second-order valence-corrected chi connectivity index (χ2v) is 9.29. The summed E-state index contributed by atoms with van der Waals surface area (Å²) in [4.78, 5) is 38.1. The summed E-state index contributed by atoms with van der Waals surface area (Å²) >= 11 is 1.69. The zero-order chi connectivity index (χ0) is 22.7. The Kier molecular flexibility index (Phi) is 6.37. The predicted octanol–water partition coefficient (Wildman–Crippen LogP) is 4.03. The third-order valence-electron chi connectivity index (χ3n) is 6.12. The summed E-state index contributed by atoms with van der Waals surface area (Å²) in [7, 11) is 0. The number of thiophene rings is 1. The van der Waals surface area contributed by atoms with E-state index in [-0.39, 0.29) is 11.8 Å². The fourth-order valence-electron chi connectivity index (χ4n) is 4.48. The number of aromatic nitrogens is 2. The molecule has 0 spiro atoms. The first-order chi connectivity index (χ1) is 15.4. The van der Waals surface area contributed by atoms with Crippen LogP contribution in [0.3, 0.4) is 0 Å². The van der Waals surface area contributed by atoms with E-state index in [2.05, 4.69) is 38.9 Å². The molecule has 0 saturated carbocycles. The molecule has 2 amide bonds. The zero-order valence-electron chi connectivity index (χ0n) is 18.7. The van der Waals surface area contributed by atoms with E-state index in [0.717, 1.165) is 11.1 Å². The van der Waals surface area contributed by atoms with Crippen LogP contribution in [-0.4, -0.2) is 46.3 Å². The van der Waals surface area contributed by atoms with E-state index in [9.17, 15) is 9.59 Å². The molecule has 0 aliphatic carbocycles. The second-order valence-electron chi connectivity index (χ2n) is 8.34. The van der Waals surface area contributed by atoms with E-state index in [1.807, 2.05) is 39.0 Å². The first-order valence-corrected chi connectivity index (χ1v) is 11.8. The molecule has 1 aromatic carbocycles. The average Bonchev–Trinajstić information content (AvgIpc) is 3.45. The normalized spacial score (nSPS) is 18.0. The number of nitrogens with zero attached hydrogens (tertiary/aromatic N) is 3. The van der Waals surface area contributed by atoms with Gasteiger partial charge in [-0.15, -0.1) is 11.3 Å². The summed E-state index contributed by atoms with van der Waals surface area (Å²) in [6.45, 7) is 7.03. The quantitative estimate of drug-likeness (QED) is 0.618. The van der Waals surface area contributed by atoms with Crippen LogP contribution >= 0.6 is 11.3 Å². The van der Waals surface area contributed by atoms with Crippen molar-refractivity contribution in [3.63, 3.8) is 0 Å². The molecule has 3 heterocycles. The first kappa shape index (κ1) is 22.1. The molecule has 1 N–H and O–H groups in total. The highest BCUT2D eigenvalue weighted by molar-refractivity contribution is 7.13. The van der Waals surface area contributed by atoms with Crippen LogP contribution in [0.15, 0.2) is 48.0 Å². The Morgan fingerprint density at radius 2 is 2.00 bits per heavy atom. The highest BCUT2D eigenvalue weighted by atomic mass is 32.1. The number of aryl methyl sites for hydroxylation is 2. The third-order valence-corrected chi connectivity index (χ3v) is 7.03. The number of benzene rings is 1. The standard InChI is InChI=1S/C25H28N4O2S/c1-4-26-24(31)25(14-19-8-5-6-9-20(19)22-10-7-13-32-22)11-12-29(16-25)23(30)21-15-27-18(3)28-17(21)2/h5-10,13,15H,4,11-12,14,16H2,1-3H3,(H,26,31)/t25-/m1/s1. The monoisotopic (exact) mass is 448 g/mol. The maximum absolute atomic E-state index is 13.3. The van der Waals surface area contributed by atoms with E-state index in [0.29, 0.717) is 49.6 Å². The number of hydrogen-bond donors (Lipinski definition) is 1. The number of carbonyl (C=O) groups is 2. The van der Waals surface area contributed by atoms with Gasteiger partial charge in [0.2, 0.25) is 5.91 Å². The molecule has 7 heteroatoms. The van der Waals surface area contributed by atoms with Gasteiger partial charge in [0, 0.05) is 30.7 Å². The van der Waals surface area contributed by atoms with Gasteiger partial charge in [-0.3, -0.25) is 9.59 Å². The molecule has 166 valence electrons. The molecule has 0 radical (unpaired) electrons. The Labute approximate surface area is 192 Å². The molecule has 6 nitrogen and oxygen atoms in total. The molecule has 32 heavy (non-hydrogen) atoms.